The molecule has 0 saturated heterocycles. The van der Waals surface area contributed by atoms with Crippen molar-refractivity contribution < 1.29 is 0 Å². The lowest BCUT2D eigenvalue weighted by Gasteiger charge is -2.18. The summed E-state index contributed by atoms with van der Waals surface area (Å²) in [5.41, 5.74) is 7.67. The van der Waals surface area contributed by atoms with Crippen molar-refractivity contribution >= 4 is 11.8 Å². The molecule has 1 unspecified atom stereocenters. The Morgan fingerprint density at radius 2 is 2.00 bits per heavy atom. The average molecular weight is 235 g/mol. The van der Waals surface area contributed by atoms with Crippen LogP contribution in [0.1, 0.15) is 43.7 Å². The third-order valence-corrected chi connectivity index (χ3v) is 4.41. The van der Waals surface area contributed by atoms with E-state index < -0.39 is 0 Å². The minimum absolute atomic E-state index is 0.228. The number of rotatable bonds is 4. The number of benzene rings is 1. The monoisotopic (exact) mass is 235 g/mol. The minimum Gasteiger partial charge on any atom is -0.324 e. The number of hydrogen-bond acceptors (Lipinski definition) is 2. The molecule has 0 aliphatic heterocycles. The summed E-state index contributed by atoms with van der Waals surface area (Å²) in [5.74, 6) is 0.866. The molecule has 1 atom stereocenters. The molecule has 1 aliphatic carbocycles. The molecule has 0 radical (unpaired) electrons. The van der Waals surface area contributed by atoms with E-state index in [1.54, 1.807) is 11.8 Å². The van der Waals surface area contributed by atoms with E-state index in [2.05, 4.69) is 30.5 Å². The molecule has 0 heterocycles. The van der Waals surface area contributed by atoms with Crippen LogP contribution in [0, 0.1) is 5.92 Å². The Bertz CT molecular complexity index is 331. The second-order valence-corrected chi connectivity index (χ2v) is 5.58. The van der Waals surface area contributed by atoms with Crippen molar-refractivity contribution in [3.8, 4) is 0 Å². The number of thioether (sulfide) groups is 1. The maximum Gasteiger partial charge on any atom is 0.0308 e. The third kappa shape index (κ3) is 2.80. The van der Waals surface area contributed by atoms with Gasteiger partial charge in [0.05, 0.1) is 0 Å². The lowest BCUT2D eigenvalue weighted by molar-refractivity contribution is 0.448. The zero-order chi connectivity index (χ0) is 11.4. The second-order valence-electron chi connectivity index (χ2n) is 4.73. The average Bonchev–Trinajstić information content (AvgIpc) is 2.81. The van der Waals surface area contributed by atoms with Gasteiger partial charge in [0.1, 0.15) is 0 Å². The lowest BCUT2D eigenvalue weighted by atomic mass is 9.94. The highest BCUT2D eigenvalue weighted by molar-refractivity contribution is 7.98. The predicted molar refractivity (Wildman–Crippen MR) is 71.7 cm³/mol. The van der Waals surface area contributed by atoms with E-state index in [-0.39, 0.29) is 6.04 Å². The maximum atomic E-state index is 6.34. The summed E-state index contributed by atoms with van der Waals surface area (Å²) in [5, 5.41) is 0. The van der Waals surface area contributed by atoms with Crippen LogP contribution < -0.4 is 5.73 Å². The fourth-order valence-electron chi connectivity index (χ4n) is 2.70. The molecule has 2 rings (SSSR count). The quantitative estimate of drug-likeness (QED) is 0.799. The summed E-state index contributed by atoms with van der Waals surface area (Å²) in [6.07, 6.45) is 8.87. The van der Waals surface area contributed by atoms with Crippen LogP contribution in [0.5, 0.6) is 0 Å². The van der Waals surface area contributed by atoms with Gasteiger partial charge in [-0.1, -0.05) is 43.9 Å². The van der Waals surface area contributed by atoms with Gasteiger partial charge in [-0.15, -0.1) is 11.8 Å². The highest BCUT2D eigenvalue weighted by atomic mass is 32.2. The van der Waals surface area contributed by atoms with Crippen LogP contribution in [0.15, 0.2) is 29.2 Å². The second kappa shape index (κ2) is 5.74. The van der Waals surface area contributed by atoms with Crippen molar-refractivity contribution in [2.75, 3.05) is 6.26 Å². The van der Waals surface area contributed by atoms with Crippen molar-refractivity contribution in [2.45, 2.75) is 43.0 Å². The molecule has 2 heteroatoms. The summed E-state index contributed by atoms with van der Waals surface area (Å²) in [4.78, 5) is 1.34. The molecule has 0 spiro atoms. The molecule has 1 fully saturated rings. The molecule has 0 amide bonds. The zero-order valence-corrected chi connectivity index (χ0v) is 10.8. The van der Waals surface area contributed by atoms with Gasteiger partial charge in [-0.2, -0.15) is 0 Å². The third-order valence-electron chi connectivity index (χ3n) is 3.60. The Hall–Kier alpha value is -0.470. The van der Waals surface area contributed by atoms with Crippen molar-refractivity contribution in [3.63, 3.8) is 0 Å². The van der Waals surface area contributed by atoms with Gasteiger partial charge in [-0.05, 0) is 30.2 Å². The molecule has 1 aliphatic rings. The van der Waals surface area contributed by atoms with E-state index in [4.69, 9.17) is 5.73 Å². The van der Waals surface area contributed by atoms with Crippen molar-refractivity contribution in [1.82, 2.24) is 0 Å². The van der Waals surface area contributed by atoms with Crippen LogP contribution in [-0.2, 0) is 0 Å². The molecule has 0 bridgehead atoms. The van der Waals surface area contributed by atoms with Gasteiger partial charge in [0.15, 0.2) is 0 Å². The largest absolute Gasteiger partial charge is 0.324 e. The fourth-order valence-corrected chi connectivity index (χ4v) is 3.37. The fraction of sp³-hybridized carbons (Fsp3) is 0.571. The molecule has 1 saturated carbocycles. The molecule has 1 aromatic rings. The molecule has 16 heavy (non-hydrogen) atoms. The van der Waals surface area contributed by atoms with Crippen LogP contribution >= 0.6 is 11.8 Å². The summed E-state index contributed by atoms with van der Waals surface area (Å²) in [6, 6.07) is 8.79. The smallest absolute Gasteiger partial charge is 0.0308 e. The van der Waals surface area contributed by atoms with Gasteiger partial charge >= 0.3 is 0 Å². The zero-order valence-electron chi connectivity index (χ0n) is 9.99. The first-order valence-corrected chi connectivity index (χ1v) is 7.42. The van der Waals surface area contributed by atoms with E-state index in [0.717, 1.165) is 12.3 Å². The highest BCUT2D eigenvalue weighted by Crippen LogP contribution is 2.34. The van der Waals surface area contributed by atoms with Gasteiger partial charge in [-0.3, -0.25) is 0 Å². The summed E-state index contributed by atoms with van der Waals surface area (Å²) >= 11 is 1.80. The molecule has 0 aromatic heterocycles. The van der Waals surface area contributed by atoms with Gasteiger partial charge in [-0.25, -0.2) is 0 Å². The summed E-state index contributed by atoms with van der Waals surface area (Å²) < 4.78 is 0. The van der Waals surface area contributed by atoms with E-state index in [1.807, 2.05) is 0 Å². The van der Waals surface area contributed by atoms with Gasteiger partial charge in [0.25, 0.3) is 0 Å². The normalized spacial score (nSPS) is 18.9. The maximum absolute atomic E-state index is 6.34. The van der Waals surface area contributed by atoms with Crippen LogP contribution in [0.2, 0.25) is 0 Å². The number of nitrogens with two attached hydrogens (primary N) is 1. The van der Waals surface area contributed by atoms with Crippen molar-refractivity contribution in [1.29, 1.82) is 0 Å². The Labute approximate surface area is 103 Å². The Morgan fingerprint density at radius 1 is 1.31 bits per heavy atom. The molecule has 88 valence electrons. The highest BCUT2D eigenvalue weighted by Gasteiger charge is 2.20. The SMILES string of the molecule is CSc1ccccc1C(N)CC1CCCC1. The molecule has 2 N–H and O–H groups in total. The number of hydrogen-bond donors (Lipinski definition) is 1. The van der Waals surface area contributed by atoms with Crippen LogP contribution in [0.4, 0.5) is 0 Å². The first kappa shape index (κ1) is 12.0. The Balaban J connectivity index is 2.04. The van der Waals surface area contributed by atoms with E-state index in [0.29, 0.717) is 0 Å². The van der Waals surface area contributed by atoms with E-state index in [9.17, 15) is 0 Å². The summed E-state index contributed by atoms with van der Waals surface area (Å²) in [7, 11) is 0. The van der Waals surface area contributed by atoms with E-state index >= 15 is 0 Å². The van der Waals surface area contributed by atoms with Gasteiger partial charge in [0, 0.05) is 10.9 Å². The standard InChI is InChI=1S/C14H21NS/c1-16-14-9-5-4-8-12(14)13(15)10-11-6-2-3-7-11/h4-5,8-9,11,13H,2-3,6-7,10,15H2,1H3. The van der Waals surface area contributed by atoms with Crippen LogP contribution in [0.3, 0.4) is 0 Å². The Morgan fingerprint density at radius 3 is 2.69 bits per heavy atom. The van der Waals surface area contributed by atoms with Gasteiger partial charge < -0.3 is 5.73 Å². The molecule has 1 aromatic carbocycles. The summed E-state index contributed by atoms with van der Waals surface area (Å²) in [6.45, 7) is 0. The van der Waals surface area contributed by atoms with Crippen molar-refractivity contribution in [3.05, 3.63) is 29.8 Å². The first-order chi connectivity index (χ1) is 7.81. The molecular formula is C14H21NS. The topological polar surface area (TPSA) is 26.0 Å². The van der Waals surface area contributed by atoms with Crippen LogP contribution in [-0.4, -0.2) is 6.26 Å². The Kier molecular flexibility index (Phi) is 4.30. The first-order valence-electron chi connectivity index (χ1n) is 6.19. The van der Waals surface area contributed by atoms with Crippen LogP contribution in [0.25, 0.3) is 0 Å². The molecule has 1 nitrogen and oxygen atoms in total. The minimum atomic E-state index is 0.228. The van der Waals surface area contributed by atoms with Gasteiger partial charge in [0.2, 0.25) is 0 Å². The molecular weight excluding hydrogens is 214 g/mol. The van der Waals surface area contributed by atoms with E-state index in [1.165, 1.54) is 36.1 Å². The predicted octanol–water partition coefficient (Wildman–Crippen LogP) is 3.99. The lowest BCUT2D eigenvalue weighted by Crippen LogP contribution is -2.14. The van der Waals surface area contributed by atoms with Crippen molar-refractivity contribution in [2.24, 2.45) is 11.7 Å².